The van der Waals surface area contributed by atoms with Crippen LogP contribution in [0.15, 0.2) is 24.7 Å². The van der Waals surface area contributed by atoms with Crippen LogP contribution in [-0.4, -0.2) is 20.4 Å². The van der Waals surface area contributed by atoms with Crippen LogP contribution in [0.4, 0.5) is 11.5 Å². The molecule has 1 amide bonds. The molecule has 1 aliphatic heterocycles. The maximum absolute atomic E-state index is 12.5. The zero-order valence-corrected chi connectivity index (χ0v) is 14.5. The smallest absolute Gasteiger partial charge is 0.271 e. The summed E-state index contributed by atoms with van der Waals surface area (Å²) in [5.74, 6) is 0.476. The highest BCUT2D eigenvalue weighted by atomic mass is 35.5. The first kappa shape index (κ1) is 15.5. The average molecular weight is 362 g/mol. The number of rotatable bonds is 2. The summed E-state index contributed by atoms with van der Waals surface area (Å²) < 4.78 is 2.48. The van der Waals surface area contributed by atoms with E-state index in [9.17, 15) is 4.79 Å². The molecule has 8 heteroatoms. The monoisotopic (exact) mass is 361 g/mol. The minimum Gasteiger partial charge on any atom is -0.338 e. The number of hydrogen-bond acceptors (Lipinski definition) is 5. The number of nitrogens with one attached hydrogen (secondary N) is 2. The van der Waals surface area contributed by atoms with Gasteiger partial charge in [0, 0.05) is 6.20 Å². The Bertz CT molecular complexity index is 861. The topological polar surface area (TPSA) is 71.8 Å². The summed E-state index contributed by atoms with van der Waals surface area (Å²) in [6.45, 7) is 0. The van der Waals surface area contributed by atoms with Gasteiger partial charge in [-0.1, -0.05) is 30.2 Å². The van der Waals surface area contributed by atoms with E-state index >= 15 is 0 Å². The normalized spacial score (nSPS) is 18.3. The third-order valence-corrected chi connectivity index (χ3v) is 5.36. The first-order chi connectivity index (χ1) is 11.6. The van der Waals surface area contributed by atoms with Crippen LogP contribution in [0.1, 0.15) is 42.6 Å². The fourth-order valence-corrected chi connectivity index (χ4v) is 4.26. The molecule has 1 aliphatic carbocycles. The van der Waals surface area contributed by atoms with E-state index in [1.54, 1.807) is 18.3 Å². The molecule has 1 saturated carbocycles. The summed E-state index contributed by atoms with van der Waals surface area (Å²) >= 11 is 12.1. The van der Waals surface area contributed by atoms with Crippen LogP contribution in [0.25, 0.3) is 0 Å². The Morgan fingerprint density at radius 2 is 2.12 bits per heavy atom. The average Bonchev–Trinajstić information content (AvgIpc) is 2.86. The first-order valence-electron chi connectivity index (χ1n) is 7.92. The molecular formula is C16H16ClN5OS. The Hall–Kier alpha value is -1.99. The van der Waals surface area contributed by atoms with E-state index < -0.39 is 5.66 Å². The van der Waals surface area contributed by atoms with E-state index in [-0.39, 0.29) is 5.91 Å². The molecule has 0 saturated heterocycles. The van der Waals surface area contributed by atoms with Gasteiger partial charge < -0.3 is 15.2 Å². The summed E-state index contributed by atoms with van der Waals surface area (Å²) in [7, 11) is 0. The van der Waals surface area contributed by atoms with E-state index in [1.807, 2.05) is 4.57 Å². The Morgan fingerprint density at radius 3 is 2.83 bits per heavy atom. The zero-order chi connectivity index (χ0) is 16.7. The van der Waals surface area contributed by atoms with E-state index in [0.29, 0.717) is 26.9 Å². The van der Waals surface area contributed by atoms with Crippen molar-refractivity contribution < 1.29 is 4.79 Å². The van der Waals surface area contributed by atoms with Gasteiger partial charge in [0.1, 0.15) is 28.1 Å². The highest BCUT2D eigenvalue weighted by Gasteiger charge is 2.44. The lowest BCUT2D eigenvalue weighted by Gasteiger charge is -2.36. The number of amides is 1. The van der Waals surface area contributed by atoms with E-state index in [0.717, 1.165) is 25.7 Å². The second-order valence-electron chi connectivity index (χ2n) is 6.16. The Kier molecular flexibility index (Phi) is 3.77. The van der Waals surface area contributed by atoms with Crippen LogP contribution in [0.5, 0.6) is 0 Å². The number of aromatic nitrogens is 3. The molecule has 0 radical (unpaired) electrons. The molecule has 0 atom stereocenters. The highest BCUT2D eigenvalue weighted by Crippen LogP contribution is 2.41. The molecule has 2 aromatic heterocycles. The SMILES string of the molecule is O=C1NC2(CCCCC2)n2c1c(Cl)cc(Nc1ccncn1)c2=S. The van der Waals surface area contributed by atoms with Gasteiger partial charge in [-0.2, -0.15) is 0 Å². The van der Waals surface area contributed by atoms with Gasteiger partial charge in [0.05, 0.1) is 10.7 Å². The van der Waals surface area contributed by atoms with Crippen molar-refractivity contribution in [2.45, 2.75) is 37.8 Å². The third-order valence-electron chi connectivity index (χ3n) is 4.67. The van der Waals surface area contributed by atoms with Crippen LogP contribution in [0.3, 0.4) is 0 Å². The largest absolute Gasteiger partial charge is 0.338 e. The second kappa shape index (κ2) is 5.82. The number of halogens is 1. The lowest BCUT2D eigenvalue weighted by atomic mass is 9.89. The fraction of sp³-hybridized carbons (Fsp3) is 0.375. The van der Waals surface area contributed by atoms with Crippen molar-refractivity contribution >= 4 is 41.2 Å². The predicted molar refractivity (Wildman–Crippen MR) is 94.1 cm³/mol. The van der Waals surface area contributed by atoms with Crippen molar-refractivity contribution in [1.29, 1.82) is 0 Å². The first-order valence-corrected chi connectivity index (χ1v) is 8.71. The van der Waals surface area contributed by atoms with E-state index in [1.165, 1.54) is 12.7 Å². The molecule has 1 fully saturated rings. The standard InChI is InChI=1S/C16H16ClN5OS/c17-10-8-11(20-12-4-7-18-9-19-12)15(24)22-13(10)14(23)21-16(22)5-2-1-3-6-16/h4,7-9H,1-3,5-6H2,(H,21,23)(H,18,19,20). The maximum Gasteiger partial charge on any atom is 0.271 e. The molecule has 0 aromatic carbocycles. The second-order valence-corrected chi connectivity index (χ2v) is 6.96. The van der Waals surface area contributed by atoms with Gasteiger partial charge in [-0.05, 0) is 37.8 Å². The van der Waals surface area contributed by atoms with Crippen LogP contribution in [0, 0.1) is 4.64 Å². The van der Waals surface area contributed by atoms with Crippen molar-refractivity contribution in [1.82, 2.24) is 19.9 Å². The lowest BCUT2D eigenvalue weighted by molar-refractivity contribution is 0.0878. The minimum atomic E-state index is -0.450. The van der Waals surface area contributed by atoms with Crippen LogP contribution in [-0.2, 0) is 5.66 Å². The maximum atomic E-state index is 12.5. The van der Waals surface area contributed by atoms with Crippen molar-refractivity contribution in [3.63, 3.8) is 0 Å². The van der Waals surface area contributed by atoms with Gasteiger partial charge in [-0.3, -0.25) is 4.79 Å². The van der Waals surface area contributed by atoms with Crippen LogP contribution >= 0.6 is 23.8 Å². The molecule has 2 aliphatic rings. The molecule has 0 unspecified atom stereocenters. The molecule has 2 aromatic rings. The van der Waals surface area contributed by atoms with Crippen molar-refractivity contribution in [2.75, 3.05) is 5.32 Å². The fourth-order valence-electron chi connectivity index (χ4n) is 3.61. The van der Waals surface area contributed by atoms with Crippen molar-refractivity contribution in [2.24, 2.45) is 0 Å². The number of anilines is 2. The van der Waals surface area contributed by atoms with Gasteiger partial charge in [0.2, 0.25) is 0 Å². The lowest BCUT2D eigenvalue weighted by Crippen LogP contribution is -2.45. The molecule has 124 valence electrons. The van der Waals surface area contributed by atoms with Crippen LogP contribution in [0.2, 0.25) is 5.02 Å². The molecule has 6 nitrogen and oxygen atoms in total. The molecule has 2 N–H and O–H groups in total. The molecular weight excluding hydrogens is 346 g/mol. The number of nitrogens with zero attached hydrogens (tertiary/aromatic N) is 3. The summed E-state index contributed by atoms with van der Waals surface area (Å²) in [5, 5.41) is 6.70. The zero-order valence-electron chi connectivity index (χ0n) is 12.9. The summed E-state index contributed by atoms with van der Waals surface area (Å²) in [4.78, 5) is 20.5. The van der Waals surface area contributed by atoms with Gasteiger partial charge in [0.25, 0.3) is 5.91 Å². The van der Waals surface area contributed by atoms with Gasteiger partial charge in [0.15, 0.2) is 0 Å². The number of pyridine rings is 1. The molecule has 3 heterocycles. The van der Waals surface area contributed by atoms with Crippen LogP contribution < -0.4 is 10.6 Å². The number of carbonyl (C=O) groups is 1. The van der Waals surface area contributed by atoms with Gasteiger partial charge >= 0.3 is 0 Å². The van der Waals surface area contributed by atoms with Gasteiger partial charge in [-0.15, -0.1) is 0 Å². The highest BCUT2D eigenvalue weighted by molar-refractivity contribution is 7.71. The van der Waals surface area contributed by atoms with Gasteiger partial charge in [-0.25, -0.2) is 9.97 Å². The van der Waals surface area contributed by atoms with E-state index in [4.69, 9.17) is 23.8 Å². The number of carbonyl (C=O) groups excluding carboxylic acids is 1. The molecule has 0 bridgehead atoms. The van der Waals surface area contributed by atoms with E-state index in [2.05, 4.69) is 20.6 Å². The minimum absolute atomic E-state index is 0.151. The molecule has 1 spiro atoms. The third kappa shape index (κ3) is 2.39. The Balaban J connectivity index is 1.85. The Labute approximate surface area is 149 Å². The summed E-state index contributed by atoms with van der Waals surface area (Å²) in [5.41, 5.74) is 0.671. The van der Waals surface area contributed by atoms with Crippen molar-refractivity contribution in [3.8, 4) is 0 Å². The number of hydrogen-bond donors (Lipinski definition) is 2. The summed E-state index contributed by atoms with van der Waals surface area (Å²) in [6, 6.07) is 3.44. The summed E-state index contributed by atoms with van der Waals surface area (Å²) in [6.07, 6.45) is 8.13. The quantitative estimate of drug-likeness (QED) is 0.797. The molecule has 24 heavy (non-hydrogen) atoms. The van der Waals surface area contributed by atoms with Crippen molar-refractivity contribution in [3.05, 3.63) is 40.0 Å². The Morgan fingerprint density at radius 1 is 1.33 bits per heavy atom. The molecule has 4 rings (SSSR count). The predicted octanol–water partition coefficient (Wildman–Crippen LogP) is 3.76. The number of fused-ring (bicyclic) bond motifs is 2.